The number of aliphatic hydroxyl groups excluding tert-OH is 1. The maximum atomic E-state index is 10.1. The summed E-state index contributed by atoms with van der Waals surface area (Å²) in [6.07, 6.45) is 4.31. The van der Waals surface area contributed by atoms with Crippen molar-refractivity contribution in [2.75, 3.05) is 0 Å². The normalized spacial score (nSPS) is 18.1. The van der Waals surface area contributed by atoms with Crippen LogP contribution in [0.25, 0.3) is 21.5 Å². The number of fused-ring (bicyclic) bond motifs is 2. The van der Waals surface area contributed by atoms with E-state index in [1.54, 1.807) is 11.3 Å². The fourth-order valence-electron chi connectivity index (χ4n) is 2.79. The lowest BCUT2D eigenvalue weighted by atomic mass is 10.0. The van der Waals surface area contributed by atoms with E-state index in [9.17, 15) is 5.11 Å². The van der Waals surface area contributed by atoms with Gasteiger partial charge in [-0.15, -0.1) is 11.3 Å². The molecule has 1 aromatic carbocycles. The number of pyridine rings is 1. The largest absolute Gasteiger partial charge is 0.388 e. The van der Waals surface area contributed by atoms with Gasteiger partial charge in [-0.05, 0) is 30.7 Å². The molecule has 0 saturated heterocycles. The van der Waals surface area contributed by atoms with Gasteiger partial charge in [0.15, 0.2) is 0 Å². The van der Waals surface area contributed by atoms with E-state index in [1.807, 2.05) is 24.4 Å². The highest BCUT2D eigenvalue weighted by molar-refractivity contribution is 7.15. The lowest BCUT2D eigenvalue weighted by Crippen LogP contribution is -2.06. The highest BCUT2D eigenvalue weighted by Crippen LogP contribution is 2.38. The van der Waals surface area contributed by atoms with Crippen LogP contribution in [0.3, 0.4) is 0 Å². The molecule has 2 aromatic heterocycles. The van der Waals surface area contributed by atoms with Crippen LogP contribution in [0.5, 0.6) is 0 Å². The van der Waals surface area contributed by atoms with Gasteiger partial charge in [0.2, 0.25) is 0 Å². The zero-order valence-electron chi connectivity index (χ0n) is 10.9. The van der Waals surface area contributed by atoms with Crippen LogP contribution in [0.1, 0.15) is 29.5 Å². The summed E-state index contributed by atoms with van der Waals surface area (Å²) >= 11 is 1.59. The molecule has 1 N–H and O–H groups in total. The Labute approximate surface area is 120 Å². The number of aryl methyl sites for hydroxylation is 1. The van der Waals surface area contributed by atoms with E-state index in [1.165, 1.54) is 5.39 Å². The second kappa shape index (κ2) is 4.65. The summed E-state index contributed by atoms with van der Waals surface area (Å²) in [5.41, 5.74) is 1.98. The van der Waals surface area contributed by atoms with Crippen molar-refractivity contribution in [2.24, 2.45) is 0 Å². The van der Waals surface area contributed by atoms with E-state index in [-0.39, 0.29) is 6.10 Å². The fourth-order valence-corrected chi connectivity index (χ4v) is 3.93. The zero-order valence-corrected chi connectivity index (χ0v) is 11.7. The van der Waals surface area contributed by atoms with Crippen LogP contribution < -0.4 is 0 Å². The Morgan fingerprint density at radius 3 is 3.00 bits per heavy atom. The number of aliphatic hydroxyl groups is 1. The SMILES string of the molecule is OC1CCCc2nc(-c3nccc4ccccc34)sc21. The average Bonchev–Trinajstić information content (AvgIpc) is 2.92. The Balaban J connectivity index is 1.92. The van der Waals surface area contributed by atoms with Crippen molar-refractivity contribution >= 4 is 22.1 Å². The molecule has 0 amide bonds. The van der Waals surface area contributed by atoms with E-state index in [0.29, 0.717) is 0 Å². The predicted molar refractivity (Wildman–Crippen MR) is 80.7 cm³/mol. The molecule has 0 fully saturated rings. The van der Waals surface area contributed by atoms with Crippen LogP contribution in [-0.4, -0.2) is 15.1 Å². The third kappa shape index (κ3) is 1.84. The van der Waals surface area contributed by atoms with Crippen molar-refractivity contribution in [3.63, 3.8) is 0 Å². The minimum Gasteiger partial charge on any atom is -0.388 e. The van der Waals surface area contributed by atoms with E-state index in [2.05, 4.69) is 17.1 Å². The van der Waals surface area contributed by atoms with E-state index < -0.39 is 0 Å². The molecule has 0 radical (unpaired) electrons. The molecule has 1 unspecified atom stereocenters. The first-order valence-corrected chi connectivity index (χ1v) is 7.66. The first-order valence-electron chi connectivity index (χ1n) is 6.85. The first kappa shape index (κ1) is 12.0. The van der Waals surface area contributed by atoms with Crippen LogP contribution in [0.15, 0.2) is 36.5 Å². The Morgan fingerprint density at radius 2 is 2.10 bits per heavy atom. The molecular weight excluding hydrogens is 268 g/mol. The summed E-state index contributed by atoms with van der Waals surface area (Å²) in [4.78, 5) is 10.3. The van der Waals surface area contributed by atoms with E-state index in [0.717, 1.165) is 45.9 Å². The highest BCUT2D eigenvalue weighted by atomic mass is 32.1. The number of hydrogen-bond acceptors (Lipinski definition) is 4. The van der Waals surface area contributed by atoms with Gasteiger partial charge in [-0.2, -0.15) is 0 Å². The Bertz CT molecular complexity index is 776. The molecule has 20 heavy (non-hydrogen) atoms. The lowest BCUT2D eigenvalue weighted by Gasteiger charge is -2.14. The summed E-state index contributed by atoms with van der Waals surface area (Å²) in [6, 6.07) is 10.2. The minimum absolute atomic E-state index is 0.347. The minimum atomic E-state index is -0.347. The smallest absolute Gasteiger partial charge is 0.143 e. The van der Waals surface area contributed by atoms with Crippen molar-refractivity contribution < 1.29 is 5.11 Å². The molecule has 0 bridgehead atoms. The summed E-state index contributed by atoms with van der Waals surface area (Å²) < 4.78 is 0. The van der Waals surface area contributed by atoms with Crippen molar-refractivity contribution in [3.8, 4) is 10.7 Å². The molecule has 3 aromatic rings. The molecule has 3 nitrogen and oxygen atoms in total. The second-order valence-corrected chi connectivity index (χ2v) is 6.15. The topological polar surface area (TPSA) is 46.0 Å². The Morgan fingerprint density at radius 1 is 1.20 bits per heavy atom. The van der Waals surface area contributed by atoms with Gasteiger partial charge in [-0.3, -0.25) is 4.98 Å². The molecule has 0 saturated carbocycles. The van der Waals surface area contributed by atoms with Gasteiger partial charge in [0.25, 0.3) is 0 Å². The predicted octanol–water partition coefficient (Wildman–Crippen LogP) is 3.73. The van der Waals surface area contributed by atoms with Gasteiger partial charge in [0, 0.05) is 11.6 Å². The molecule has 4 rings (SSSR count). The van der Waals surface area contributed by atoms with Gasteiger partial charge in [0.05, 0.1) is 16.7 Å². The van der Waals surface area contributed by atoms with Gasteiger partial charge in [-0.1, -0.05) is 24.3 Å². The number of benzene rings is 1. The molecule has 4 heteroatoms. The van der Waals surface area contributed by atoms with Gasteiger partial charge in [-0.25, -0.2) is 4.98 Å². The standard InChI is InChI=1S/C16H14N2OS/c19-13-7-3-6-12-15(13)20-16(18-12)14-11-5-2-1-4-10(11)8-9-17-14/h1-2,4-5,8-9,13,19H,3,6-7H2. The number of rotatable bonds is 1. The van der Waals surface area contributed by atoms with Crippen LogP contribution in [0.4, 0.5) is 0 Å². The molecule has 1 aliphatic carbocycles. The summed E-state index contributed by atoms with van der Waals surface area (Å²) in [5.74, 6) is 0. The van der Waals surface area contributed by atoms with Crippen LogP contribution in [0.2, 0.25) is 0 Å². The molecule has 1 aliphatic rings. The summed E-state index contributed by atoms with van der Waals surface area (Å²) in [5, 5.41) is 13.3. The van der Waals surface area contributed by atoms with Gasteiger partial charge >= 0.3 is 0 Å². The second-order valence-electron chi connectivity index (χ2n) is 5.12. The van der Waals surface area contributed by atoms with Crippen molar-refractivity contribution in [2.45, 2.75) is 25.4 Å². The van der Waals surface area contributed by atoms with Crippen molar-refractivity contribution in [1.82, 2.24) is 9.97 Å². The lowest BCUT2D eigenvalue weighted by molar-refractivity contribution is 0.160. The van der Waals surface area contributed by atoms with Crippen LogP contribution in [-0.2, 0) is 6.42 Å². The third-order valence-electron chi connectivity index (χ3n) is 3.80. The molecule has 2 heterocycles. The molecule has 1 atom stereocenters. The maximum Gasteiger partial charge on any atom is 0.143 e. The Hall–Kier alpha value is -1.78. The van der Waals surface area contributed by atoms with Crippen molar-refractivity contribution in [1.29, 1.82) is 0 Å². The molecule has 0 aliphatic heterocycles. The van der Waals surface area contributed by atoms with E-state index in [4.69, 9.17) is 4.98 Å². The molecule has 100 valence electrons. The number of hydrogen-bond donors (Lipinski definition) is 1. The number of thiazole rings is 1. The quantitative estimate of drug-likeness (QED) is 0.739. The van der Waals surface area contributed by atoms with Crippen molar-refractivity contribution in [3.05, 3.63) is 47.1 Å². The highest BCUT2D eigenvalue weighted by Gasteiger charge is 2.23. The van der Waals surface area contributed by atoms with Crippen LogP contribution >= 0.6 is 11.3 Å². The first-order chi connectivity index (χ1) is 9.83. The number of nitrogens with zero attached hydrogens (tertiary/aromatic N) is 2. The molecular formula is C16H14N2OS. The van der Waals surface area contributed by atoms with E-state index >= 15 is 0 Å². The monoisotopic (exact) mass is 282 g/mol. The summed E-state index contributed by atoms with van der Waals surface area (Å²) in [7, 11) is 0. The third-order valence-corrected chi connectivity index (χ3v) is 5.00. The maximum absolute atomic E-state index is 10.1. The van der Waals surface area contributed by atoms with Gasteiger partial charge < -0.3 is 5.11 Å². The summed E-state index contributed by atoms with van der Waals surface area (Å²) in [6.45, 7) is 0. The Kier molecular flexibility index (Phi) is 2.79. The zero-order chi connectivity index (χ0) is 13.5. The average molecular weight is 282 g/mol. The van der Waals surface area contributed by atoms with Gasteiger partial charge in [0.1, 0.15) is 10.7 Å². The fraction of sp³-hybridized carbons (Fsp3) is 0.250. The number of aromatic nitrogens is 2. The van der Waals surface area contributed by atoms with Crippen LogP contribution in [0, 0.1) is 0 Å². The molecule has 0 spiro atoms.